The first kappa shape index (κ1) is 22.0. The van der Waals surface area contributed by atoms with Gasteiger partial charge in [-0.15, -0.1) is 24.0 Å². The van der Waals surface area contributed by atoms with Gasteiger partial charge in [0.1, 0.15) is 5.82 Å². The third-order valence-corrected chi connectivity index (χ3v) is 4.02. The van der Waals surface area contributed by atoms with Crippen molar-refractivity contribution in [3.05, 3.63) is 30.1 Å². The first-order valence-corrected chi connectivity index (χ1v) is 8.86. The lowest BCUT2D eigenvalue weighted by molar-refractivity contribution is 0.146. The molecule has 1 aromatic carbocycles. The second-order valence-electron chi connectivity index (χ2n) is 5.71. The summed E-state index contributed by atoms with van der Waals surface area (Å²) < 4.78 is 19.3. The molecule has 0 atom stereocenters. The van der Waals surface area contributed by atoms with E-state index < -0.39 is 0 Å². The smallest absolute Gasteiger partial charge is 0.194 e. The van der Waals surface area contributed by atoms with Crippen molar-refractivity contribution in [1.82, 2.24) is 10.2 Å². The third kappa shape index (κ3) is 6.97. The van der Waals surface area contributed by atoms with E-state index >= 15 is 0 Å². The molecule has 0 bridgehead atoms. The minimum absolute atomic E-state index is 0. The van der Waals surface area contributed by atoms with Crippen LogP contribution in [0.15, 0.2) is 29.3 Å². The third-order valence-electron chi connectivity index (χ3n) is 4.02. The number of piperazine rings is 1. The predicted molar refractivity (Wildman–Crippen MR) is 113 cm³/mol. The summed E-state index contributed by atoms with van der Waals surface area (Å²) in [6.07, 6.45) is 0.928. The van der Waals surface area contributed by atoms with Gasteiger partial charge in [0, 0.05) is 52.5 Å². The van der Waals surface area contributed by atoms with E-state index in [1.807, 2.05) is 19.1 Å². The Morgan fingerprint density at radius 1 is 1.20 bits per heavy atom. The van der Waals surface area contributed by atoms with E-state index in [9.17, 15) is 4.39 Å². The van der Waals surface area contributed by atoms with E-state index in [1.165, 1.54) is 6.07 Å². The molecule has 0 amide bonds. The number of ether oxygens (including phenoxy) is 1. The fourth-order valence-corrected chi connectivity index (χ4v) is 2.79. The van der Waals surface area contributed by atoms with Crippen molar-refractivity contribution in [1.29, 1.82) is 0 Å². The van der Waals surface area contributed by atoms with Crippen LogP contribution in [0.3, 0.4) is 0 Å². The summed E-state index contributed by atoms with van der Waals surface area (Å²) in [6.45, 7) is 10.5. The highest BCUT2D eigenvalue weighted by Crippen LogP contribution is 2.20. The van der Waals surface area contributed by atoms with Crippen molar-refractivity contribution < 1.29 is 9.13 Å². The molecule has 0 aromatic heterocycles. The van der Waals surface area contributed by atoms with Crippen LogP contribution in [0.2, 0.25) is 0 Å². The summed E-state index contributed by atoms with van der Waals surface area (Å²) >= 11 is 0. The largest absolute Gasteiger partial charge is 0.382 e. The van der Waals surface area contributed by atoms with Gasteiger partial charge in [-0.05, 0) is 32.4 Å². The lowest BCUT2D eigenvalue weighted by Gasteiger charge is -2.37. The Labute approximate surface area is 167 Å². The van der Waals surface area contributed by atoms with Crippen molar-refractivity contribution in [3.63, 3.8) is 0 Å². The molecule has 1 aromatic rings. The van der Waals surface area contributed by atoms with Crippen LogP contribution >= 0.6 is 24.0 Å². The van der Waals surface area contributed by atoms with Crippen LogP contribution in [0.25, 0.3) is 0 Å². The highest BCUT2D eigenvalue weighted by Gasteiger charge is 2.21. The van der Waals surface area contributed by atoms with Crippen LogP contribution < -0.4 is 10.2 Å². The Hall–Kier alpha value is -1.09. The number of guanidine groups is 1. The average molecular weight is 464 g/mol. The quantitative estimate of drug-likeness (QED) is 0.292. The molecule has 1 aliphatic heterocycles. The van der Waals surface area contributed by atoms with Crippen molar-refractivity contribution >= 4 is 35.6 Å². The molecule has 25 heavy (non-hydrogen) atoms. The number of aliphatic imine (C=N–C) groups is 1. The number of anilines is 1. The number of benzene rings is 1. The van der Waals surface area contributed by atoms with Gasteiger partial charge in [0.2, 0.25) is 0 Å². The molecule has 1 heterocycles. The number of rotatable bonds is 7. The monoisotopic (exact) mass is 464 g/mol. The Balaban J connectivity index is 0.00000312. The van der Waals surface area contributed by atoms with Crippen molar-refractivity contribution in [2.24, 2.45) is 4.99 Å². The molecule has 0 radical (unpaired) electrons. The van der Waals surface area contributed by atoms with Gasteiger partial charge in [-0.1, -0.05) is 12.1 Å². The molecule has 1 aliphatic rings. The molecule has 1 fully saturated rings. The molecule has 7 heteroatoms. The van der Waals surface area contributed by atoms with Crippen LogP contribution in [0.1, 0.15) is 20.3 Å². The lowest BCUT2D eigenvalue weighted by atomic mass is 10.2. The highest BCUT2D eigenvalue weighted by molar-refractivity contribution is 14.0. The van der Waals surface area contributed by atoms with Crippen LogP contribution in [-0.4, -0.2) is 63.3 Å². The van der Waals surface area contributed by atoms with Gasteiger partial charge in [0.15, 0.2) is 5.96 Å². The van der Waals surface area contributed by atoms with Gasteiger partial charge in [0.25, 0.3) is 0 Å². The van der Waals surface area contributed by atoms with Crippen molar-refractivity contribution in [2.45, 2.75) is 20.3 Å². The molecule has 1 saturated heterocycles. The van der Waals surface area contributed by atoms with Gasteiger partial charge >= 0.3 is 0 Å². The molecule has 0 unspecified atom stereocenters. The normalized spacial score (nSPS) is 15.1. The van der Waals surface area contributed by atoms with Crippen LogP contribution in [0.4, 0.5) is 10.1 Å². The fourth-order valence-electron chi connectivity index (χ4n) is 2.79. The van der Waals surface area contributed by atoms with Gasteiger partial charge in [0.05, 0.1) is 5.69 Å². The van der Waals surface area contributed by atoms with Crippen LogP contribution in [-0.2, 0) is 4.74 Å². The topological polar surface area (TPSA) is 40.1 Å². The SMILES string of the molecule is CCNC(=NCCCOCC)N1CCN(c2ccccc2F)CC1.I. The minimum atomic E-state index is -0.151. The number of hydrogen-bond donors (Lipinski definition) is 1. The standard InChI is InChI=1S/C18H29FN4O.HI/c1-3-20-18(21-10-7-15-24-4-2)23-13-11-22(12-14-23)17-9-6-5-8-16(17)19;/h5-6,8-9H,3-4,7,10-15H2,1-2H3,(H,20,21);1H. The number of hydrogen-bond acceptors (Lipinski definition) is 3. The van der Waals surface area contributed by atoms with E-state index in [-0.39, 0.29) is 29.8 Å². The average Bonchev–Trinajstić information content (AvgIpc) is 2.61. The molecule has 0 aliphatic carbocycles. The number of nitrogens with one attached hydrogen (secondary N) is 1. The highest BCUT2D eigenvalue weighted by atomic mass is 127. The van der Waals surface area contributed by atoms with E-state index in [0.29, 0.717) is 5.69 Å². The maximum atomic E-state index is 13.9. The van der Waals surface area contributed by atoms with E-state index in [4.69, 9.17) is 4.74 Å². The van der Waals surface area contributed by atoms with Gasteiger partial charge in [-0.25, -0.2) is 4.39 Å². The van der Waals surface area contributed by atoms with E-state index in [2.05, 4.69) is 27.0 Å². The zero-order chi connectivity index (χ0) is 17.2. The first-order valence-electron chi connectivity index (χ1n) is 8.86. The van der Waals surface area contributed by atoms with Gasteiger partial charge < -0.3 is 19.9 Å². The predicted octanol–water partition coefficient (Wildman–Crippen LogP) is 2.96. The summed E-state index contributed by atoms with van der Waals surface area (Å²) in [7, 11) is 0. The Morgan fingerprint density at radius 2 is 1.92 bits per heavy atom. The Bertz CT molecular complexity index is 522. The van der Waals surface area contributed by atoms with Crippen molar-refractivity contribution in [3.8, 4) is 0 Å². The zero-order valence-corrected chi connectivity index (χ0v) is 17.5. The molecule has 142 valence electrons. The van der Waals surface area contributed by atoms with E-state index in [0.717, 1.165) is 64.9 Å². The number of para-hydroxylation sites is 1. The lowest BCUT2D eigenvalue weighted by Crippen LogP contribution is -2.52. The summed E-state index contributed by atoms with van der Waals surface area (Å²) in [5.41, 5.74) is 0.691. The second-order valence-corrected chi connectivity index (χ2v) is 5.71. The maximum absolute atomic E-state index is 13.9. The van der Waals surface area contributed by atoms with Gasteiger partial charge in [-0.2, -0.15) is 0 Å². The van der Waals surface area contributed by atoms with Crippen LogP contribution in [0, 0.1) is 5.82 Å². The molecule has 1 N–H and O–H groups in total. The van der Waals surface area contributed by atoms with Crippen LogP contribution in [0.5, 0.6) is 0 Å². The maximum Gasteiger partial charge on any atom is 0.194 e. The van der Waals surface area contributed by atoms with Gasteiger partial charge in [-0.3, -0.25) is 4.99 Å². The summed E-state index contributed by atoms with van der Waals surface area (Å²) in [5, 5.41) is 3.35. The molecular weight excluding hydrogens is 434 g/mol. The number of halogens is 2. The molecular formula is C18H30FIN4O. The summed E-state index contributed by atoms with van der Waals surface area (Å²) in [5.74, 6) is 0.796. The molecule has 0 spiro atoms. The Kier molecular flexibility index (Phi) is 10.8. The number of nitrogens with zero attached hydrogens (tertiary/aromatic N) is 3. The molecule has 2 rings (SSSR count). The summed E-state index contributed by atoms with van der Waals surface area (Å²) in [4.78, 5) is 9.04. The fraction of sp³-hybridized carbons (Fsp3) is 0.611. The summed E-state index contributed by atoms with van der Waals surface area (Å²) in [6, 6.07) is 6.98. The first-order chi connectivity index (χ1) is 11.8. The zero-order valence-electron chi connectivity index (χ0n) is 15.2. The minimum Gasteiger partial charge on any atom is -0.382 e. The second kappa shape index (κ2) is 12.3. The molecule has 0 saturated carbocycles. The van der Waals surface area contributed by atoms with Crippen molar-refractivity contribution in [2.75, 3.05) is 57.4 Å². The molecule has 5 nitrogen and oxygen atoms in total. The van der Waals surface area contributed by atoms with E-state index in [1.54, 1.807) is 6.07 Å². The Morgan fingerprint density at radius 3 is 2.56 bits per heavy atom.